The van der Waals surface area contributed by atoms with Gasteiger partial charge in [0.15, 0.2) is 0 Å². The zero-order valence-corrected chi connectivity index (χ0v) is 9.44. The van der Waals surface area contributed by atoms with Crippen LogP contribution in [0.4, 0.5) is 8.78 Å². The van der Waals surface area contributed by atoms with Gasteiger partial charge in [0.1, 0.15) is 0 Å². The molecule has 0 radical (unpaired) electrons. The van der Waals surface area contributed by atoms with Gasteiger partial charge in [0.25, 0.3) is 5.89 Å². The Morgan fingerprint density at radius 1 is 1.35 bits per heavy atom. The summed E-state index contributed by atoms with van der Waals surface area (Å²) in [5, 5.41) is 3.50. The molecule has 0 unspecified atom stereocenters. The molecule has 0 aliphatic rings. The molecule has 0 saturated heterocycles. The summed E-state index contributed by atoms with van der Waals surface area (Å²) in [7, 11) is 0. The lowest BCUT2D eigenvalue weighted by atomic mass is 10.2. The lowest BCUT2D eigenvalue weighted by molar-refractivity contribution is -0.0158. The Kier molecular flexibility index (Phi) is 2.87. The van der Waals surface area contributed by atoms with Crippen LogP contribution in [0.2, 0.25) is 0 Å². The molecule has 2 heterocycles. The summed E-state index contributed by atoms with van der Waals surface area (Å²) >= 11 is 0. The van der Waals surface area contributed by atoms with E-state index in [9.17, 15) is 8.78 Å². The van der Waals surface area contributed by atoms with Crippen molar-refractivity contribution in [1.29, 1.82) is 0 Å². The van der Waals surface area contributed by atoms with E-state index in [-0.39, 0.29) is 5.82 Å². The van der Waals surface area contributed by atoms with Gasteiger partial charge >= 0.3 is 5.92 Å². The Labute approximate surface area is 96.7 Å². The fourth-order valence-electron chi connectivity index (χ4n) is 1.28. The second kappa shape index (κ2) is 4.20. The number of aromatic nitrogens is 3. The van der Waals surface area contributed by atoms with Crippen LogP contribution in [0.25, 0.3) is 11.4 Å². The van der Waals surface area contributed by atoms with E-state index in [1.165, 1.54) is 0 Å². The number of nitrogens with zero attached hydrogens (tertiary/aromatic N) is 3. The molecule has 2 rings (SSSR count). The second-order valence-corrected chi connectivity index (χ2v) is 3.70. The highest BCUT2D eigenvalue weighted by Crippen LogP contribution is 2.27. The monoisotopic (exact) mass is 239 g/mol. The summed E-state index contributed by atoms with van der Waals surface area (Å²) in [4.78, 5) is 7.78. The van der Waals surface area contributed by atoms with Crippen LogP contribution in [0.1, 0.15) is 25.4 Å². The summed E-state index contributed by atoms with van der Waals surface area (Å²) in [6, 6.07) is 3.53. The minimum absolute atomic E-state index is 0.122. The van der Waals surface area contributed by atoms with Crippen molar-refractivity contribution in [3.63, 3.8) is 0 Å². The molecular formula is C11H11F2N3O. The van der Waals surface area contributed by atoms with E-state index in [0.717, 1.165) is 12.1 Å². The predicted molar refractivity (Wildman–Crippen MR) is 56.5 cm³/mol. The Hall–Kier alpha value is -1.85. The maximum atomic E-state index is 12.9. The van der Waals surface area contributed by atoms with E-state index in [2.05, 4.69) is 19.6 Å². The quantitative estimate of drug-likeness (QED) is 0.826. The van der Waals surface area contributed by atoms with Crippen LogP contribution in [-0.4, -0.2) is 15.1 Å². The Morgan fingerprint density at radius 2 is 2.12 bits per heavy atom. The van der Waals surface area contributed by atoms with Gasteiger partial charge in [-0.2, -0.15) is 13.8 Å². The van der Waals surface area contributed by atoms with E-state index in [1.54, 1.807) is 18.3 Å². The number of halogens is 2. The number of pyridine rings is 1. The molecule has 0 aliphatic carbocycles. The fraction of sp³-hybridized carbons (Fsp3) is 0.364. The zero-order chi connectivity index (χ0) is 12.5. The molecule has 0 atom stereocenters. The second-order valence-electron chi connectivity index (χ2n) is 3.70. The van der Waals surface area contributed by atoms with Gasteiger partial charge in [-0.3, -0.25) is 4.98 Å². The molecule has 2 aromatic rings. The van der Waals surface area contributed by atoms with Crippen LogP contribution in [0, 0.1) is 0 Å². The fourth-order valence-corrected chi connectivity index (χ4v) is 1.28. The van der Waals surface area contributed by atoms with Crippen LogP contribution in [0.15, 0.2) is 22.9 Å². The number of rotatable bonds is 3. The van der Waals surface area contributed by atoms with Crippen molar-refractivity contribution >= 4 is 0 Å². The molecule has 0 bridgehead atoms. The van der Waals surface area contributed by atoms with Crippen molar-refractivity contribution in [3.05, 3.63) is 29.9 Å². The topological polar surface area (TPSA) is 51.8 Å². The molecule has 2 aromatic heterocycles. The highest BCUT2D eigenvalue weighted by atomic mass is 19.3. The van der Waals surface area contributed by atoms with Gasteiger partial charge in [-0.25, -0.2) is 0 Å². The van der Waals surface area contributed by atoms with Crippen LogP contribution in [0.5, 0.6) is 0 Å². The molecule has 17 heavy (non-hydrogen) atoms. The Morgan fingerprint density at radius 3 is 2.59 bits per heavy atom. The zero-order valence-electron chi connectivity index (χ0n) is 9.44. The third-order valence-corrected chi connectivity index (χ3v) is 2.25. The molecule has 90 valence electrons. The molecular weight excluding hydrogens is 228 g/mol. The van der Waals surface area contributed by atoms with Crippen molar-refractivity contribution in [1.82, 2.24) is 15.1 Å². The number of hydrogen-bond acceptors (Lipinski definition) is 4. The molecule has 0 N–H and O–H groups in total. The van der Waals surface area contributed by atoms with E-state index < -0.39 is 11.8 Å². The summed E-state index contributed by atoms with van der Waals surface area (Å²) in [6.45, 7) is 2.69. The lowest BCUT2D eigenvalue weighted by Crippen LogP contribution is -2.07. The van der Waals surface area contributed by atoms with Gasteiger partial charge in [-0.1, -0.05) is 12.1 Å². The highest BCUT2D eigenvalue weighted by molar-refractivity contribution is 5.52. The maximum Gasteiger partial charge on any atom is 0.322 e. The average Bonchev–Trinajstić information content (AvgIpc) is 2.78. The SMILES string of the molecule is CCc1ccc(-c2noc(C(C)(F)F)n2)cn1. The summed E-state index contributed by atoms with van der Waals surface area (Å²) in [6.07, 6.45) is 2.35. The molecule has 0 amide bonds. The van der Waals surface area contributed by atoms with Gasteiger partial charge in [0, 0.05) is 24.4 Å². The third-order valence-electron chi connectivity index (χ3n) is 2.25. The number of hydrogen-bond donors (Lipinski definition) is 0. The van der Waals surface area contributed by atoms with Crippen molar-refractivity contribution < 1.29 is 13.3 Å². The number of aryl methyl sites for hydroxylation is 1. The first-order chi connectivity index (χ1) is 8.00. The van der Waals surface area contributed by atoms with E-state index in [1.807, 2.05) is 6.92 Å². The number of alkyl halides is 2. The largest absolute Gasteiger partial charge is 0.332 e. The summed E-state index contributed by atoms with van der Waals surface area (Å²) in [5.74, 6) is -3.69. The van der Waals surface area contributed by atoms with Crippen molar-refractivity contribution in [2.24, 2.45) is 0 Å². The maximum absolute atomic E-state index is 12.9. The molecule has 6 heteroatoms. The predicted octanol–water partition coefficient (Wildman–Crippen LogP) is 2.81. The lowest BCUT2D eigenvalue weighted by Gasteiger charge is -2.01. The van der Waals surface area contributed by atoms with Crippen molar-refractivity contribution in [2.45, 2.75) is 26.2 Å². The van der Waals surface area contributed by atoms with Gasteiger partial charge in [-0.05, 0) is 18.6 Å². The van der Waals surface area contributed by atoms with Crippen molar-refractivity contribution in [2.75, 3.05) is 0 Å². The van der Waals surface area contributed by atoms with Crippen LogP contribution >= 0.6 is 0 Å². The standard InChI is InChI=1S/C11H11F2N3O/c1-3-8-5-4-7(6-14-8)9-15-10(17-16-9)11(2,12)13/h4-6H,3H2,1-2H3. The summed E-state index contributed by atoms with van der Waals surface area (Å²) in [5.41, 5.74) is 1.47. The van der Waals surface area contributed by atoms with Crippen LogP contribution in [-0.2, 0) is 12.3 Å². The Balaban J connectivity index is 2.30. The van der Waals surface area contributed by atoms with E-state index in [0.29, 0.717) is 12.5 Å². The first-order valence-electron chi connectivity index (χ1n) is 5.18. The van der Waals surface area contributed by atoms with Gasteiger partial charge in [-0.15, -0.1) is 0 Å². The Bertz CT molecular complexity index is 502. The van der Waals surface area contributed by atoms with Crippen LogP contribution < -0.4 is 0 Å². The summed E-state index contributed by atoms with van der Waals surface area (Å²) < 4.78 is 30.3. The minimum Gasteiger partial charge on any atom is -0.332 e. The van der Waals surface area contributed by atoms with Gasteiger partial charge < -0.3 is 4.52 Å². The average molecular weight is 239 g/mol. The van der Waals surface area contributed by atoms with Crippen LogP contribution in [0.3, 0.4) is 0 Å². The van der Waals surface area contributed by atoms with E-state index in [4.69, 9.17) is 0 Å². The first-order valence-corrected chi connectivity index (χ1v) is 5.18. The molecule has 0 spiro atoms. The van der Waals surface area contributed by atoms with Gasteiger partial charge in [0.05, 0.1) is 0 Å². The smallest absolute Gasteiger partial charge is 0.322 e. The van der Waals surface area contributed by atoms with Gasteiger partial charge in [0.2, 0.25) is 5.82 Å². The molecule has 0 aromatic carbocycles. The van der Waals surface area contributed by atoms with Crippen molar-refractivity contribution in [3.8, 4) is 11.4 Å². The first kappa shape index (κ1) is 11.6. The molecule has 4 nitrogen and oxygen atoms in total. The third kappa shape index (κ3) is 2.46. The molecule has 0 fully saturated rings. The normalized spacial score (nSPS) is 11.8. The molecule has 0 saturated carbocycles. The van der Waals surface area contributed by atoms with E-state index >= 15 is 0 Å². The minimum atomic E-state index is -3.12. The molecule has 0 aliphatic heterocycles. The highest BCUT2D eigenvalue weighted by Gasteiger charge is 2.32.